The molecule has 11 aromatic carbocycles. The largest absolute Gasteiger partial charge is 0.340 e. The standard InChI is InChI=1S/C74H54N6/c1-74(2)45-44-63(48-22-6-3-7-23-48)75-73(50-25-21-31-54(47-50)80-67-39-19-15-35-58(67)62-43-41-60-56-33-13-17-37-65(56)78(69(60)71(62)80)52-28-10-5-11-29-52)76-72(74)49-24-20-30-53(46-49)79-66-38-18-14-34-57(66)61-42-40-59-55-32-12-16-36-64(55)77(68(59)70(61)79)51-26-8-4-9-27-51/h3-44,46-47,72H,45H2,1-2H3,(H,75,76)/b63-44+. The highest BCUT2D eigenvalue weighted by Gasteiger charge is 2.33. The summed E-state index contributed by atoms with van der Waals surface area (Å²) in [6.07, 6.45) is 3.19. The maximum absolute atomic E-state index is 6.00. The first kappa shape index (κ1) is 46.0. The van der Waals surface area contributed by atoms with Gasteiger partial charge in [0, 0.05) is 77.1 Å². The van der Waals surface area contributed by atoms with Crippen molar-refractivity contribution in [3.63, 3.8) is 0 Å². The minimum Gasteiger partial charge on any atom is -0.340 e. The van der Waals surface area contributed by atoms with Crippen LogP contribution in [-0.4, -0.2) is 24.1 Å². The Morgan fingerprint density at radius 2 is 0.713 bits per heavy atom. The number of aromatic nitrogens is 4. The summed E-state index contributed by atoms with van der Waals surface area (Å²) in [6, 6.07) is 95.0. The number of nitrogens with zero attached hydrogens (tertiary/aromatic N) is 5. The molecule has 0 amide bonds. The Bertz CT molecular complexity index is 5030. The van der Waals surface area contributed by atoms with Gasteiger partial charge >= 0.3 is 0 Å². The topological polar surface area (TPSA) is 44.1 Å². The molecule has 15 aromatic rings. The van der Waals surface area contributed by atoms with Crippen LogP contribution in [0.1, 0.15) is 43.0 Å². The molecule has 4 aromatic heterocycles. The summed E-state index contributed by atoms with van der Waals surface area (Å²) in [4.78, 5) is 6.00. The quantitative estimate of drug-likeness (QED) is 0.170. The monoisotopic (exact) mass is 1030 g/mol. The summed E-state index contributed by atoms with van der Waals surface area (Å²) in [5, 5.41) is 13.8. The number of allylic oxidation sites excluding steroid dienone is 1. The lowest BCUT2D eigenvalue weighted by Gasteiger charge is -2.34. The molecule has 6 heteroatoms. The molecule has 6 nitrogen and oxygen atoms in total. The molecular formula is C74H54N6. The van der Waals surface area contributed by atoms with Gasteiger partial charge in [-0.05, 0) is 95.8 Å². The smallest absolute Gasteiger partial charge is 0.133 e. The van der Waals surface area contributed by atoms with E-state index in [2.05, 4.69) is 304 Å². The summed E-state index contributed by atoms with van der Waals surface area (Å²) in [5.41, 5.74) is 17.8. The predicted molar refractivity (Wildman–Crippen MR) is 335 cm³/mol. The second-order valence-corrected chi connectivity index (χ2v) is 22.1. The highest BCUT2D eigenvalue weighted by Crippen LogP contribution is 2.46. The van der Waals surface area contributed by atoms with Gasteiger partial charge in [-0.2, -0.15) is 0 Å². The van der Waals surface area contributed by atoms with E-state index in [1.54, 1.807) is 0 Å². The number of benzene rings is 11. The molecule has 80 heavy (non-hydrogen) atoms. The van der Waals surface area contributed by atoms with Crippen LogP contribution in [-0.2, 0) is 0 Å². The Labute approximate surface area is 463 Å². The first-order chi connectivity index (χ1) is 39.5. The van der Waals surface area contributed by atoms with E-state index in [9.17, 15) is 0 Å². The molecule has 5 heterocycles. The van der Waals surface area contributed by atoms with Crippen molar-refractivity contribution in [3.8, 4) is 22.7 Å². The van der Waals surface area contributed by atoms with Crippen LogP contribution in [0.2, 0.25) is 0 Å². The SMILES string of the molecule is CC1(C)C/C=C(\c2ccccc2)NC(c2cccc(-n3c4ccccc4c4ccc5c6ccccc6n(-c6ccccc6)c5c43)c2)=NC1c1cccc(-n2c3ccccc3c3ccc4c5ccccc5n(-c5ccccc5)c4c32)c1. The van der Waals surface area contributed by atoms with E-state index in [-0.39, 0.29) is 11.5 Å². The third-order valence-corrected chi connectivity index (χ3v) is 17.0. The highest BCUT2D eigenvalue weighted by molar-refractivity contribution is 6.25. The van der Waals surface area contributed by atoms with Gasteiger partial charge in [0.05, 0.1) is 50.2 Å². The maximum atomic E-state index is 6.00. The number of fused-ring (bicyclic) bond motifs is 14. The molecular weight excluding hydrogens is 973 g/mol. The molecule has 0 saturated carbocycles. The second kappa shape index (κ2) is 17.9. The lowest BCUT2D eigenvalue weighted by atomic mass is 9.77. The Morgan fingerprint density at radius 3 is 1.18 bits per heavy atom. The average Bonchev–Trinajstić information content (AvgIpc) is 4.40. The van der Waals surface area contributed by atoms with Crippen LogP contribution in [0.5, 0.6) is 0 Å². The molecule has 0 bridgehead atoms. The van der Waals surface area contributed by atoms with Crippen LogP contribution in [0.15, 0.2) is 272 Å². The highest BCUT2D eigenvalue weighted by atomic mass is 15.1. The first-order valence-electron chi connectivity index (χ1n) is 27.8. The summed E-state index contributed by atoms with van der Waals surface area (Å²) in [5.74, 6) is 0.820. The van der Waals surface area contributed by atoms with Crippen molar-refractivity contribution < 1.29 is 0 Å². The van der Waals surface area contributed by atoms with E-state index < -0.39 is 0 Å². The Balaban J connectivity index is 0.914. The molecule has 1 aliphatic rings. The average molecular weight is 1030 g/mol. The van der Waals surface area contributed by atoms with E-state index >= 15 is 0 Å². The Morgan fingerprint density at radius 1 is 0.350 bits per heavy atom. The normalized spacial score (nSPS) is 15.4. The van der Waals surface area contributed by atoms with Gasteiger partial charge in [0.1, 0.15) is 5.84 Å². The van der Waals surface area contributed by atoms with Crippen molar-refractivity contribution in [2.75, 3.05) is 0 Å². The zero-order valence-electron chi connectivity index (χ0n) is 44.4. The van der Waals surface area contributed by atoms with E-state index in [0.717, 1.165) is 62.9 Å². The number of para-hydroxylation sites is 6. The molecule has 1 unspecified atom stereocenters. The first-order valence-corrected chi connectivity index (χ1v) is 27.8. The maximum Gasteiger partial charge on any atom is 0.133 e. The van der Waals surface area contributed by atoms with Gasteiger partial charge < -0.3 is 23.6 Å². The number of rotatable bonds is 7. The summed E-state index contributed by atoms with van der Waals surface area (Å²) < 4.78 is 9.90. The summed E-state index contributed by atoms with van der Waals surface area (Å²) in [7, 11) is 0. The number of nitrogens with one attached hydrogen (secondary N) is 1. The van der Waals surface area contributed by atoms with Gasteiger partial charge in [-0.15, -0.1) is 0 Å². The molecule has 1 aliphatic heterocycles. The molecule has 1 N–H and O–H groups in total. The zero-order valence-corrected chi connectivity index (χ0v) is 44.4. The molecule has 0 fully saturated rings. The van der Waals surface area contributed by atoms with E-state index in [1.807, 2.05) is 0 Å². The van der Waals surface area contributed by atoms with Gasteiger partial charge in [-0.1, -0.05) is 208 Å². The summed E-state index contributed by atoms with van der Waals surface area (Å²) >= 11 is 0. The predicted octanol–water partition coefficient (Wildman–Crippen LogP) is 18.6. The number of amidine groups is 1. The minimum absolute atomic E-state index is 0.236. The molecule has 380 valence electrons. The lowest BCUT2D eigenvalue weighted by molar-refractivity contribution is 0.294. The van der Waals surface area contributed by atoms with E-state index in [0.29, 0.717) is 0 Å². The number of hydrogen-bond acceptors (Lipinski definition) is 2. The minimum atomic E-state index is -0.305. The van der Waals surface area contributed by atoms with Gasteiger partial charge in [0.15, 0.2) is 0 Å². The van der Waals surface area contributed by atoms with Crippen molar-refractivity contribution >= 4 is 98.8 Å². The van der Waals surface area contributed by atoms with Crippen LogP contribution < -0.4 is 5.32 Å². The molecule has 0 aliphatic carbocycles. The summed E-state index contributed by atoms with van der Waals surface area (Å²) in [6.45, 7) is 4.76. The van der Waals surface area contributed by atoms with Crippen molar-refractivity contribution in [2.24, 2.45) is 10.4 Å². The van der Waals surface area contributed by atoms with Crippen LogP contribution in [0.4, 0.5) is 0 Å². The third-order valence-electron chi connectivity index (χ3n) is 17.0. The van der Waals surface area contributed by atoms with E-state index in [4.69, 9.17) is 4.99 Å². The van der Waals surface area contributed by atoms with Crippen molar-refractivity contribution in [3.05, 3.63) is 284 Å². The van der Waals surface area contributed by atoms with Crippen LogP contribution in [0.25, 0.3) is 116 Å². The fraction of sp³-hybridized carbons (Fsp3) is 0.0676. The molecule has 0 spiro atoms. The zero-order chi connectivity index (χ0) is 53.1. The fourth-order valence-electron chi connectivity index (χ4n) is 13.3. The van der Waals surface area contributed by atoms with Crippen LogP contribution >= 0.6 is 0 Å². The molecule has 0 saturated heterocycles. The molecule has 1 atom stereocenters. The fourth-order valence-corrected chi connectivity index (χ4v) is 13.3. The van der Waals surface area contributed by atoms with Crippen LogP contribution in [0, 0.1) is 5.41 Å². The van der Waals surface area contributed by atoms with Gasteiger partial charge in [0.2, 0.25) is 0 Å². The van der Waals surface area contributed by atoms with Gasteiger partial charge in [-0.3, -0.25) is 4.99 Å². The Hall–Kier alpha value is -10.2. The second-order valence-electron chi connectivity index (χ2n) is 22.1. The van der Waals surface area contributed by atoms with Crippen LogP contribution in [0.3, 0.4) is 0 Å². The van der Waals surface area contributed by atoms with Crippen molar-refractivity contribution in [2.45, 2.75) is 26.3 Å². The Kier molecular flexibility index (Phi) is 10.3. The van der Waals surface area contributed by atoms with Gasteiger partial charge in [0.25, 0.3) is 0 Å². The number of hydrogen-bond donors (Lipinski definition) is 1. The lowest BCUT2D eigenvalue weighted by Crippen LogP contribution is -2.30. The number of aliphatic imine (C=N–C) groups is 1. The van der Waals surface area contributed by atoms with Crippen molar-refractivity contribution in [1.29, 1.82) is 0 Å². The van der Waals surface area contributed by atoms with E-state index in [1.165, 1.54) is 81.7 Å². The molecule has 16 rings (SSSR count). The third kappa shape index (κ3) is 7.01. The molecule has 0 radical (unpaired) electrons. The van der Waals surface area contributed by atoms with Crippen molar-refractivity contribution in [1.82, 2.24) is 23.6 Å². The van der Waals surface area contributed by atoms with Gasteiger partial charge in [-0.25, -0.2) is 0 Å².